The molecule has 0 unspecified atom stereocenters. The van der Waals surface area contributed by atoms with Crippen molar-refractivity contribution in [3.8, 4) is 0 Å². The Hall–Kier alpha value is -2.70. The molecule has 7 nitrogen and oxygen atoms in total. The second-order valence-corrected chi connectivity index (χ2v) is 6.52. The molecule has 1 heterocycles. The highest BCUT2D eigenvalue weighted by molar-refractivity contribution is 6.45. The Kier molecular flexibility index (Phi) is 4.83. The zero-order valence-corrected chi connectivity index (χ0v) is 14.2. The first-order chi connectivity index (χ1) is 12.0. The van der Waals surface area contributed by atoms with E-state index in [9.17, 15) is 19.2 Å². The molecule has 2 fully saturated rings. The molecule has 132 valence electrons. The molecule has 0 bridgehead atoms. The number of hydrogen-bond donors (Lipinski definition) is 0. The van der Waals surface area contributed by atoms with E-state index >= 15 is 0 Å². The minimum absolute atomic E-state index is 0.217. The lowest BCUT2D eigenvalue weighted by atomic mass is 10.2. The van der Waals surface area contributed by atoms with Crippen molar-refractivity contribution in [1.29, 1.82) is 0 Å². The number of hydrogen-bond acceptors (Lipinski definition) is 4. The van der Waals surface area contributed by atoms with Gasteiger partial charge in [-0.2, -0.15) is 0 Å². The van der Waals surface area contributed by atoms with Gasteiger partial charge in [-0.25, -0.2) is 9.69 Å². The smallest absolute Gasteiger partial charge is 0.334 e. The Bertz CT molecular complexity index is 698. The summed E-state index contributed by atoms with van der Waals surface area (Å²) in [4.78, 5) is 52.4. The third-order valence-electron chi connectivity index (χ3n) is 4.76. The molecule has 7 heteroatoms. The number of carbonyl (C=O) groups is 4. The van der Waals surface area contributed by atoms with Gasteiger partial charge in [0.1, 0.15) is 6.54 Å². The first-order valence-electron chi connectivity index (χ1n) is 8.46. The van der Waals surface area contributed by atoms with Crippen LogP contribution in [0.25, 0.3) is 0 Å². The topological polar surface area (TPSA) is 78.0 Å². The highest BCUT2D eigenvalue weighted by Crippen LogP contribution is 2.27. The van der Waals surface area contributed by atoms with Crippen molar-refractivity contribution in [2.45, 2.75) is 38.3 Å². The fourth-order valence-electron chi connectivity index (χ4n) is 3.35. The molecule has 0 atom stereocenters. The molecular weight excluding hydrogens is 322 g/mol. The van der Waals surface area contributed by atoms with Crippen LogP contribution in [-0.4, -0.2) is 58.1 Å². The summed E-state index contributed by atoms with van der Waals surface area (Å²) in [7, 11) is 1.61. The van der Waals surface area contributed by atoms with Gasteiger partial charge in [-0.05, 0) is 18.4 Å². The maximum Gasteiger partial charge on any atom is 0.334 e. The van der Waals surface area contributed by atoms with E-state index < -0.39 is 24.4 Å². The van der Waals surface area contributed by atoms with Crippen molar-refractivity contribution in [3.05, 3.63) is 35.9 Å². The van der Waals surface area contributed by atoms with Crippen LogP contribution >= 0.6 is 0 Å². The van der Waals surface area contributed by atoms with E-state index in [0.29, 0.717) is 6.54 Å². The number of urea groups is 1. The number of benzene rings is 1. The zero-order chi connectivity index (χ0) is 18.0. The number of imide groups is 2. The minimum Gasteiger partial charge on any atom is -0.340 e. The van der Waals surface area contributed by atoms with E-state index in [4.69, 9.17) is 0 Å². The van der Waals surface area contributed by atoms with Crippen LogP contribution in [0.1, 0.15) is 31.2 Å². The summed E-state index contributed by atoms with van der Waals surface area (Å²) >= 11 is 0. The summed E-state index contributed by atoms with van der Waals surface area (Å²) in [5.41, 5.74) is 0.945. The van der Waals surface area contributed by atoms with Crippen LogP contribution in [0.15, 0.2) is 30.3 Å². The molecule has 1 aliphatic heterocycles. The van der Waals surface area contributed by atoms with Gasteiger partial charge in [-0.15, -0.1) is 0 Å². The average molecular weight is 343 g/mol. The predicted octanol–water partition coefficient (Wildman–Crippen LogP) is 1.38. The summed E-state index contributed by atoms with van der Waals surface area (Å²) in [5.74, 6) is -2.10. The lowest BCUT2D eigenvalue weighted by Gasteiger charge is -2.22. The zero-order valence-electron chi connectivity index (χ0n) is 14.2. The number of nitrogens with zero attached hydrogens (tertiary/aromatic N) is 3. The molecular formula is C18H21N3O4. The third-order valence-corrected chi connectivity index (χ3v) is 4.76. The van der Waals surface area contributed by atoms with Gasteiger partial charge in [0.05, 0.1) is 0 Å². The van der Waals surface area contributed by atoms with E-state index in [1.165, 1.54) is 4.90 Å². The quantitative estimate of drug-likeness (QED) is 0.598. The van der Waals surface area contributed by atoms with Crippen molar-refractivity contribution >= 4 is 23.8 Å². The summed E-state index contributed by atoms with van der Waals surface area (Å²) in [6.07, 6.45) is 3.32. The summed E-state index contributed by atoms with van der Waals surface area (Å²) in [6.45, 7) is -0.0356. The number of rotatable bonds is 5. The highest BCUT2D eigenvalue weighted by atomic mass is 16.2. The monoisotopic (exact) mass is 343 g/mol. The summed E-state index contributed by atoms with van der Waals surface area (Å²) in [6, 6.07) is 8.53. The fourth-order valence-corrected chi connectivity index (χ4v) is 3.35. The van der Waals surface area contributed by atoms with Crippen LogP contribution in [0.2, 0.25) is 0 Å². The van der Waals surface area contributed by atoms with Gasteiger partial charge in [-0.1, -0.05) is 43.2 Å². The van der Waals surface area contributed by atoms with Crippen molar-refractivity contribution in [2.24, 2.45) is 0 Å². The third kappa shape index (κ3) is 3.40. The maximum atomic E-state index is 12.5. The van der Waals surface area contributed by atoms with E-state index in [-0.39, 0.29) is 11.9 Å². The largest absolute Gasteiger partial charge is 0.340 e. The van der Waals surface area contributed by atoms with Crippen LogP contribution in [0.5, 0.6) is 0 Å². The average Bonchev–Trinajstić information content (AvgIpc) is 3.19. The number of likely N-dealkylation sites (N-methyl/N-ethyl adjacent to an activating group) is 1. The van der Waals surface area contributed by atoms with Crippen molar-refractivity contribution in [1.82, 2.24) is 14.7 Å². The molecule has 5 amide bonds. The molecule has 2 aliphatic rings. The first kappa shape index (κ1) is 17.1. The Labute approximate surface area is 146 Å². The lowest BCUT2D eigenvalue weighted by Crippen LogP contribution is -2.43. The van der Waals surface area contributed by atoms with E-state index in [1.807, 2.05) is 30.3 Å². The molecule has 1 aromatic rings. The molecule has 0 N–H and O–H groups in total. The predicted molar refractivity (Wildman–Crippen MR) is 89.1 cm³/mol. The molecule has 0 spiro atoms. The van der Waals surface area contributed by atoms with Gasteiger partial charge in [-0.3, -0.25) is 19.3 Å². The van der Waals surface area contributed by atoms with Gasteiger partial charge in [0.25, 0.3) is 0 Å². The molecule has 1 saturated heterocycles. The van der Waals surface area contributed by atoms with E-state index in [0.717, 1.165) is 41.0 Å². The lowest BCUT2D eigenvalue weighted by molar-refractivity contribution is -0.145. The van der Waals surface area contributed by atoms with Gasteiger partial charge >= 0.3 is 17.8 Å². The Balaban J connectivity index is 1.65. The first-order valence-corrected chi connectivity index (χ1v) is 8.46. The number of carbonyl (C=O) groups excluding carboxylic acids is 4. The standard InChI is InChI=1S/C18H21N3O4/c1-19(11-13-7-3-2-4-8-13)15(22)12-20-16(23)17(24)21(18(20)25)14-9-5-6-10-14/h2-4,7-8,14H,5-6,9-12H2,1H3. The van der Waals surface area contributed by atoms with Gasteiger partial charge in [0, 0.05) is 19.6 Å². The summed E-state index contributed by atoms with van der Waals surface area (Å²) < 4.78 is 0. The van der Waals surface area contributed by atoms with E-state index in [1.54, 1.807) is 7.05 Å². The molecule has 1 aromatic carbocycles. The molecule has 0 aromatic heterocycles. The van der Waals surface area contributed by atoms with Crippen molar-refractivity contribution < 1.29 is 19.2 Å². The second-order valence-electron chi connectivity index (χ2n) is 6.52. The van der Waals surface area contributed by atoms with E-state index in [2.05, 4.69) is 0 Å². The molecule has 3 rings (SSSR count). The Morgan fingerprint density at radius 1 is 1.08 bits per heavy atom. The fraction of sp³-hybridized carbons (Fsp3) is 0.444. The van der Waals surface area contributed by atoms with Crippen LogP contribution < -0.4 is 0 Å². The minimum atomic E-state index is -0.904. The summed E-state index contributed by atoms with van der Waals surface area (Å²) in [5, 5.41) is 0. The Morgan fingerprint density at radius 3 is 2.36 bits per heavy atom. The molecule has 1 saturated carbocycles. The number of amides is 5. The molecule has 25 heavy (non-hydrogen) atoms. The van der Waals surface area contributed by atoms with Crippen LogP contribution in [0.4, 0.5) is 4.79 Å². The molecule has 1 aliphatic carbocycles. The van der Waals surface area contributed by atoms with Crippen molar-refractivity contribution in [2.75, 3.05) is 13.6 Å². The van der Waals surface area contributed by atoms with Crippen LogP contribution in [0.3, 0.4) is 0 Å². The Morgan fingerprint density at radius 2 is 1.72 bits per heavy atom. The second kappa shape index (κ2) is 7.04. The SMILES string of the molecule is CN(Cc1ccccc1)C(=O)CN1C(=O)C(=O)N(C2CCCC2)C1=O. The van der Waals surface area contributed by atoms with Crippen molar-refractivity contribution in [3.63, 3.8) is 0 Å². The van der Waals surface area contributed by atoms with Gasteiger partial charge < -0.3 is 4.90 Å². The van der Waals surface area contributed by atoms with Crippen LogP contribution in [0, 0.1) is 0 Å². The van der Waals surface area contributed by atoms with Gasteiger partial charge in [0.2, 0.25) is 5.91 Å². The molecule has 0 radical (unpaired) electrons. The van der Waals surface area contributed by atoms with Gasteiger partial charge in [0.15, 0.2) is 0 Å². The normalized spacial score (nSPS) is 18.4. The van der Waals surface area contributed by atoms with Crippen LogP contribution in [-0.2, 0) is 20.9 Å². The maximum absolute atomic E-state index is 12.5. The highest BCUT2D eigenvalue weighted by Gasteiger charge is 2.48.